The van der Waals surface area contributed by atoms with E-state index in [2.05, 4.69) is 6.92 Å². The highest BCUT2D eigenvalue weighted by atomic mass is 16.5. The van der Waals surface area contributed by atoms with Gasteiger partial charge >= 0.3 is 0 Å². The molecule has 1 unspecified atom stereocenters. The topological polar surface area (TPSA) is 55.8 Å². The van der Waals surface area contributed by atoms with Gasteiger partial charge in [0.25, 0.3) is 5.91 Å². The van der Waals surface area contributed by atoms with Crippen molar-refractivity contribution in [2.45, 2.75) is 77.6 Å². The number of ether oxygens (including phenoxy) is 2. The third kappa shape index (κ3) is 4.52. The van der Waals surface area contributed by atoms with Crippen molar-refractivity contribution in [3.8, 4) is 5.75 Å². The summed E-state index contributed by atoms with van der Waals surface area (Å²) < 4.78 is 12.0. The molecule has 2 fully saturated rings. The second-order valence-corrected chi connectivity index (χ2v) is 8.19. The minimum absolute atomic E-state index is 0.0321. The molecule has 1 aromatic carbocycles. The summed E-state index contributed by atoms with van der Waals surface area (Å²) in [5, 5.41) is 0. The molecule has 0 aliphatic carbocycles. The van der Waals surface area contributed by atoms with E-state index in [0.717, 1.165) is 30.6 Å². The number of carbonyl (C=O) groups excluding carboxylic acids is 2. The van der Waals surface area contributed by atoms with Crippen LogP contribution in [0.15, 0.2) is 18.2 Å². The number of likely N-dealkylation sites (tertiary alicyclic amines) is 1. The van der Waals surface area contributed by atoms with Crippen LogP contribution in [0.5, 0.6) is 5.75 Å². The van der Waals surface area contributed by atoms with Gasteiger partial charge in [-0.15, -0.1) is 0 Å². The number of nitrogens with zero attached hydrogens (tertiary/aromatic N) is 1. The standard InChI is InChI=1S/C22H31NO4/c1-5-19-13-18(24)14-22(27-19)8-10-23(11-9-22)21(25)17-6-7-20(16(4)12-17)26-15(2)3/h6-7,12,15,19H,5,8-11,13-14H2,1-4H3. The monoisotopic (exact) mass is 373 g/mol. The van der Waals surface area contributed by atoms with Crippen LogP contribution in [-0.4, -0.2) is 47.5 Å². The highest BCUT2D eigenvalue weighted by molar-refractivity contribution is 5.94. The maximum atomic E-state index is 12.9. The van der Waals surface area contributed by atoms with Crippen molar-refractivity contribution in [2.24, 2.45) is 0 Å². The fourth-order valence-electron chi connectivity index (χ4n) is 4.11. The zero-order valence-corrected chi connectivity index (χ0v) is 16.9. The normalized spacial score (nSPS) is 22.3. The summed E-state index contributed by atoms with van der Waals surface area (Å²) in [6, 6.07) is 5.62. The van der Waals surface area contributed by atoms with Crippen molar-refractivity contribution in [3.05, 3.63) is 29.3 Å². The van der Waals surface area contributed by atoms with E-state index in [-0.39, 0.29) is 23.7 Å². The Kier molecular flexibility index (Phi) is 5.89. The molecule has 5 heteroatoms. The summed E-state index contributed by atoms with van der Waals surface area (Å²) in [6.45, 7) is 9.26. The molecule has 1 spiro atoms. The Hall–Kier alpha value is -1.88. The Bertz CT molecular complexity index is 704. The lowest BCUT2D eigenvalue weighted by Crippen LogP contribution is -2.52. The van der Waals surface area contributed by atoms with E-state index < -0.39 is 0 Å². The average molecular weight is 373 g/mol. The summed E-state index contributed by atoms with van der Waals surface area (Å²) in [5.41, 5.74) is 1.29. The summed E-state index contributed by atoms with van der Waals surface area (Å²) >= 11 is 0. The summed E-state index contributed by atoms with van der Waals surface area (Å²) in [4.78, 5) is 26.9. The quantitative estimate of drug-likeness (QED) is 0.803. The number of ketones is 1. The van der Waals surface area contributed by atoms with E-state index in [1.807, 2.05) is 43.9 Å². The number of rotatable bonds is 4. The first-order chi connectivity index (χ1) is 12.8. The molecule has 5 nitrogen and oxygen atoms in total. The second-order valence-electron chi connectivity index (χ2n) is 8.19. The molecular weight excluding hydrogens is 342 g/mol. The number of carbonyl (C=O) groups is 2. The molecule has 1 aromatic rings. The summed E-state index contributed by atoms with van der Waals surface area (Å²) in [6.07, 6.45) is 3.48. The van der Waals surface area contributed by atoms with E-state index in [0.29, 0.717) is 37.3 Å². The fourth-order valence-corrected chi connectivity index (χ4v) is 4.11. The molecule has 1 atom stereocenters. The lowest BCUT2D eigenvalue weighted by molar-refractivity contribution is -0.165. The molecule has 1 amide bonds. The number of hydrogen-bond acceptors (Lipinski definition) is 4. The van der Waals surface area contributed by atoms with Crippen LogP contribution in [0.3, 0.4) is 0 Å². The zero-order chi connectivity index (χ0) is 19.6. The van der Waals surface area contributed by atoms with Gasteiger partial charge in [0.2, 0.25) is 0 Å². The minimum atomic E-state index is -0.363. The molecule has 2 heterocycles. The smallest absolute Gasteiger partial charge is 0.253 e. The molecule has 2 aliphatic rings. The molecular formula is C22H31NO4. The Morgan fingerprint density at radius 2 is 2.04 bits per heavy atom. The van der Waals surface area contributed by atoms with E-state index in [1.165, 1.54) is 0 Å². The Morgan fingerprint density at radius 1 is 1.33 bits per heavy atom. The van der Waals surface area contributed by atoms with Crippen molar-refractivity contribution in [1.29, 1.82) is 0 Å². The van der Waals surface area contributed by atoms with Gasteiger partial charge in [-0.1, -0.05) is 6.92 Å². The van der Waals surface area contributed by atoms with Gasteiger partial charge in [0.05, 0.1) is 17.8 Å². The number of Topliss-reactive ketones (excluding diaryl/α,β-unsaturated/α-hetero) is 1. The molecule has 27 heavy (non-hydrogen) atoms. The highest BCUT2D eigenvalue weighted by Crippen LogP contribution is 2.37. The number of benzene rings is 1. The molecule has 0 saturated carbocycles. The number of hydrogen-bond donors (Lipinski definition) is 0. The lowest BCUT2D eigenvalue weighted by Gasteiger charge is -2.45. The largest absolute Gasteiger partial charge is 0.491 e. The van der Waals surface area contributed by atoms with Gasteiger partial charge in [-0.25, -0.2) is 0 Å². The third-order valence-corrected chi connectivity index (χ3v) is 5.59. The van der Waals surface area contributed by atoms with Crippen LogP contribution in [0, 0.1) is 6.92 Å². The van der Waals surface area contributed by atoms with Gasteiger partial charge in [-0.3, -0.25) is 9.59 Å². The van der Waals surface area contributed by atoms with Gasteiger partial charge in [-0.05, 0) is 63.8 Å². The van der Waals surface area contributed by atoms with Gasteiger partial charge in [-0.2, -0.15) is 0 Å². The lowest BCUT2D eigenvalue weighted by atomic mass is 9.82. The number of aryl methyl sites for hydroxylation is 1. The Labute approximate surface area is 162 Å². The first-order valence-electron chi connectivity index (χ1n) is 10.1. The fraction of sp³-hybridized carbons (Fsp3) is 0.636. The number of piperidine rings is 1. The second kappa shape index (κ2) is 8.01. The van der Waals surface area contributed by atoms with Crippen LogP contribution in [-0.2, 0) is 9.53 Å². The minimum Gasteiger partial charge on any atom is -0.491 e. The van der Waals surface area contributed by atoms with E-state index >= 15 is 0 Å². The van der Waals surface area contributed by atoms with Crippen LogP contribution >= 0.6 is 0 Å². The van der Waals surface area contributed by atoms with Crippen LogP contribution in [0.2, 0.25) is 0 Å². The predicted molar refractivity (Wildman–Crippen MR) is 104 cm³/mol. The predicted octanol–water partition coefficient (Wildman–Crippen LogP) is 3.92. The van der Waals surface area contributed by atoms with Crippen LogP contribution in [0.25, 0.3) is 0 Å². The van der Waals surface area contributed by atoms with Crippen molar-refractivity contribution in [3.63, 3.8) is 0 Å². The average Bonchev–Trinajstić information content (AvgIpc) is 2.62. The molecule has 0 N–H and O–H groups in total. The molecule has 148 valence electrons. The van der Waals surface area contributed by atoms with E-state index in [9.17, 15) is 9.59 Å². The van der Waals surface area contributed by atoms with Crippen molar-refractivity contribution in [2.75, 3.05) is 13.1 Å². The highest BCUT2D eigenvalue weighted by Gasteiger charge is 2.43. The van der Waals surface area contributed by atoms with Crippen LogP contribution in [0.4, 0.5) is 0 Å². The molecule has 2 saturated heterocycles. The molecule has 0 radical (unpaired) electrons. The Morgan fingerprint density at radius 3 is 2.63 bits per heavy atom. The van der Waals surface area contributed by atoms with Gasteiger partial charge in [0.1, 0.15) is 11.5 Å². The summed E-state index contributed by atoms with van der Waals surface area (Å²) in [5.74, 6) is 1.15. The van der Waals surface area contributed by atoms with Gasteiger partial charge < -0.3 is 14.4 Å². The Balaban J connectivity index is 1.65. The molecule has 2 aliphatic heterocycles. The summed E-state index contributed by atoms with van der Waals surface area (Å²) in [7, 11) is 0. The van der Waals surface area contributed by atoms with Crippen molar-refractivity contribution < 1.29 is 19.1 Å². The molecule has 0 aromatic heterocycles. The number of amides is 1. The first-order valence-corrected chi connectivity index (χ1v) is 10.1. The zero-order valence-electron chi connectivity index (χ0n) is 16.9. The van der Waals surface area contributed by atoms with Crippen LogP contribution < -0.4 is 4.74 Å². The van der Waals surface area contributed by atoms with Crippen molar-refractivity contribution >= 4 is 11.7 Å². The molecule has 0 bridgehead atoms. The van der Waals surface area contributed by atoms with E-state index in [4.69, 9.17) is 9.47 Å². The third-order valence-electron chi connectivity index (χ3n) is 5.59. The van der Waals surface area contributed by atoms with Crippen molar-refractivity contribution in [1.82, 2.24) is 4.90 Å². The van der Waals surface area contributed by atoms with E-state index in [1.54, 1.807) is 0 Å². The van der Waals surface area contributed by atoms with Gasteiger partial charge in [0, 0.05) is 31.5 Å². The van der Waals surface area contributed by atoms with Crippen LogP contribution in [0.1, 0.15) is 68.8 Å². The first kappa shape index (κ1) is 19.9. The molecule has 3 rings (SSSR count). The maximum Gasteiger partial charge on any atom is 0.253 e. The SMILES string of the molecule is CCC1CC(=O)CC2(CCN(C(=O)c3ccc(OC(C)C)c(C)c3)CC2)O1. The van der Waals surface area contributed by atoms with Gasteiger partial charge in [0.15, 0.2) is 0 Å². The maximum absolute atomic E-state index is 12.9.